The molecule has 2 heterocycles. The van der Waals surface area contributed by atoms with Gasteiger partial charge in [-0.1, -0.05) is 18.1 Å². The first-order chi connectivity index (χ1) is 12.1. The Bertz CT molecular complexity index is 846. The predicted molar refractivity (Wildman–Crippen MR) is 97.5 cm³/mol. The maximum absolute atomic E-state index is 12.2. The lowest BCUT2D eigenvalue weighted by atomic mass is 10.0. The number of carbonyl (C=O) groups is 1. The Hall–Kier alpha value is -2.76. The predicted octanol–water partition coefficient (Wildman–Crippen LogP) is 3.77. The Morgan fingerprint density at radius 1 is 1.32 bits per heavy atom. The maximum atomic E-state index is 12.2. The third kappa shape index (κ3) is 3.84. The monoisotopic (exact) mass is 340 g/mol. The lowest BCUT2D eigenvalue weighted by molar-refractivity contribution is 0.236. The summed E-state index contributed by atoms with van der Waals surface area (Å²) in [6.45, 7) is 6.38. The number of aryl methyl sites for hydroxylation is 2. The second kappa shape index (κ2) is 7.42. The molecule has 0 unspecified atom stereocenters. The van der Waals surface area contributed by atoms with Crippen LogP contribution in [0.4, 0.5) is 4.79 Å². The van der Waals surface area contributed by atoms with Gasteiger partial charge >= 0.3 is 6.03 Å². The molecule has 0 saturated carbocycles. The molecule has 2 aromatic heterocycles. The third-order valence-corrected chi connectivity index (χ3v) is 4.47. The first-order valence-corrected chi connectivity index (χ1v) is 8.61. The Balaban J connectivity index is 1.53. The van der Waals surface area contributed by atoms with Gasteiger partial charge in [0.25, 0.3) is 0 Å². The van der Waals surface area contributed by atoms with Gasteiger partial charge in [0.05, 0.1) is 11.7 Å². The highest BCUT2D eigenvalue weighted by molar-refractivity contribution is 5.80. The maximum Gasteiger partial charge on any atom is 0.315 e. The van der Waals surface area contributed by atoms with Crippen molar-refractivity contribution in [2.75, 3.05) is 6.54 Å². The van der Waals surface area contributed by atoms with Gasteiger partial charge < -0.3 is 20.1 Å². The van der Waals surface area contributed by atoms with E-state index in [1.807, 2.05) is 27.0 Å². The molecule has 3 aromatic rings. The van der Waals surface area contributed by atoms with Crippen LogP contribution < -0.4 is 10.6 Å². The number of aromatic amines is 1. The van der Waals surface area contributed by atoms with Gasteiger partial charge in [0.15, 0.2) is 0 Å². The summed E-state index contributed by atoms with van der Waals surface area (Å²) in [7, 11) is 0. The highest BCUT2D eigenvalue weighted by Gasteiger charge is 2.20. The Morgan fingerprint density at radius 3 is 2.88 bits per heavy atom. The van der Waals surface area contributed by atoms with Crippen LogP contribution in [0, 0.1) is 13.8 Å². The largest absolute Gasteiger partial charge is 0.361 e. The smallest absolute Gasteiger partial charge is 0.315 e. The molecule has 0 bridgehead atoms. The summed E-state index contributed by atoms with van der Waals surface area (Å²) < 4.78 is 5.20. The lowest BCUT2D eigenvalue weighted by Gasteiger charge is -2.17. The van der Waals surface area contributed by atoms with Gasteiger partial charge in [-0.2, -0.15) is 0 Å². The van der Waals surface area contributed by atoms with Crippen molar-refractivity contribution in [1.82, 2.24) is 20.8 Å². The van der Waals surface area contributed by atoms with E-state index in [4.69, 9.17) is 4.52 Å². The number of nitrogens with one attached hydrogen (secondary N) is 3. The van der Waals surface area contributed by atoms with Crippen LogP contribution in [0.5, 0.6) is 0 Å². The van der Waals surface area contributed by atoms with Gasteiger partial charge in [0.2, 0.25) is 0 Å². The van der Waals surface area contributed by atoms with Crippen LogP contribution in [0.25, 0.3) is 10.9 Å². The zero-order valence-electron chi connectivity index (χ0n) is 14.8. The van der Waals surface area contributed by atoms with Crippen LogP contribution in [-0.2, 0) is 6.42 Å². The second-order valence-corrected chi connectivity index (χ2v) is 6.25. The molecule has 0 aliphatic rings. The van der Waals surface area contributed by atoms with E-state index in [0.29, 0.717) is 6.54 Å². The standard InChI is InChI=1S/C19H24N4O2/c1-4-16(18-12(2)23-25-13(18)3)22-19(24)21-9-7-14-5-6-17-15(11-14)8-10-20-17/h5-6,8,10-11,16,20H,4,7,9H2,1-3H3,(H2,21,22,24)/t16-/m1/s1. The van der Waals surface area contributed by atoms with E-state index in [9.17, 15) is 4.79 Å². The lowest BCUT2D eigenvalue weighted by Crippen LogP contribution is -2.39. The minimum Gasteiger partial charge on any atom is -0.361 e. The molecule has 6 heteroatoms. The first kappa shape index (κ1) is 17.1. The van der Waals surface area contributed by atoms with Crippen molar-refractivity contribution in [3.05, 3.63) is 53.0 Å². The molecule has 0 fully saturated rings. The molecule has 0 saturated heterocycles. The zero-order chi connectivity index (χ0) is 17.8. The van der Waals surface area contributed by atoms with Crippen molar-refractivity contribution in [2.24, 2.45) is 0 Å². The van der Waals surface area contributed by atoms with Gasteiger partial charge in [-0.05, 0) is 55.8 Å². The number of urea groups is 1. The van der Waals surface area contributed by atoms with Crippen molar-refractivity contribution < 1.29 is 9.32 Å². The number of aromatic nitrogens is 2. The minimum absolute atomic E-state index is 0.0949. The normalized spacial score (nSPS) is 12.3. The highest BCUT2D eigenvalue weighted by Crippen LogP contribution is 2.23. The number of hydrogen-bond acceptors (Lipinski definition) is 3. The van der Waals surface area contributed by atoms with Crippen LogP contribution in [-0.4, -0.2) is 22.7 Å². The third-order valence-electron chi connectivity index (χ3n) is 4.47. The molecule has 3 rings (SSSR count). The second-order valence-electron chi connectivity index (χ2n) is 6.25. The van der Waals surface area contributed by atoms with Crippen molar-refractivity contribution in [3.8, 4) is 0 Å². The Morgan fingerprint density at radius 2 is 2.16 bits per heavy atom. The van der Waals surface area contributed by atoms with E-state index in [1.165, 1.54) is 10.9 Å². The van der Waals surface area contributed by atoms with E-state index in [1.54, 1.807) is 0 Å². The number of H-pyrrole nitrogens is 1. The fourth-order valence-electron chi connectivity index (χ4n) is 3.15. The average Bonchev–Trinajstić information content (AvgIpc) is 3.19. The van der Waals surface area contributed by atoms with Gasteiger partial charge in [-0.3, -0.25) is 0 Å². The fourth-order valence-corrected chi connectivity index (χ4v) is 3.15. The molecule has 0 spiro atoms. The average molecular weight is 340 g/mol. The summed E-state index contributed by atoms with van der Waals surface area (Å²) in [5.74, 6) is 0.754. The number of carbonyl (C=O) groups excluding carboxylic acids is 1. The first-order valence-electron chi connectivity index (χ1n) is 8.61. The van der Waals surface area contributed by atoms with Crippen molar-refractivity contribution in [3.63, 3.8) is 0 Å². The van der Waals surface area contributed by atoms with Gasteiger partial charge in [0, 0.05) is 23.8 Å². The SMILES string of the molecule is CC[C@@H](NC(=O)NCCc1ccc2[nH]ccc2c1)c1c(C)noc1C. The topological polar surface area (TPSA) is 83.0 Å². The summed E-state index contributed by atoms with van der Waals surface area (Å²) in [5.41, 5.74) is 4.12. The van der Waals surface area contributed by atoms with E-state index in [-0.39, 0.29) is 12.1 Å². The summed E-state index contributed by atoms with van der Waals surface area (Å²) in [5, 5.41) is 11.1. The molecular formula is C19H24N4O2. The van der Waals surface area contributed by atoms with Crippen molar-refractivity contribution in [2.45, 2.75) is 39.7 Å². The van der Waals surface area contributed by atoms with Crippen LogP contribution in [0.15, 0.2) is 35.0 Å². The van der Waals surface area contributed by atoms with Gasteiger partial charge in [-0.25, -0.2) is 4.79 Å². The highest BCUT2D eigenvalue weighted by atomic mass is 16.5. The molecule has 25 heavy (non-hydrogen) atoms. The van der Waals surface area contributed by atoms with Crippen molar-refractivity contribution >= 4 is 16.9 Å². The number of rotatable bonds is 6. The number of benzene rings is 1. The number of hydrogen-bond donors (Lipinski definition) is 3. The van der Waals surface area contributed by atoms with E-state index in [2.05, 4.69) is 45.0 Å². The van der Waals surface area contributed by atoms with Crippen LogP contribution in [0.2, 0.25) is 0 Å². The summed E-state index contributed by atoms with van der Waals surface area (Å²) in [6.07, 6.45) is 3.50. The molecule has 1 aromatic carbocycles. The minimum atomic E-state index is -0.172. The molecule has 1 atom stereocenters. The molecule has 0 aliphatic carbocycles. The molecule has 132 valence electrons. The molecule has 2 amide bonds. The number of nitrogens with zero attached hydrogens (tertiary/aromatic N) is 1. The molecule has 0 radical (unpaired) electrons. The quantitative estimate of drug-likeness (QED) is 0.639. The van der Waals surface area contributed by atoms with E-state index < -0.39 is 0 Å². The summed E-state index contributed by atoms with van der Waals surface area (Å²) in [4.78, 5) is 15.4. The number of fused-ring (bicyclic) bond motifs is 1. The summed E-state index contributed by atoms with van der Waals surface area (Å²) in [6, 6.07) is 8.07. The van der Waals surface area contributed by atoms with Crippen LogP contribution >= 0.6 is 0 Å². The molecule has 6 nitrogen and oxygen atoms in total. The molecule has 3 N–H and O–H groups in total. The van der Waals surface area contributed by atoms with E-state index in [0.717, 1.165) is 35.4 Å². The van der Waals surface area contributed by atoms with E-state index >= 15 is 0 Å². The fraction of sp³-hybridized carbons (Fsp3) is 0.368. The van der Waals surface area contributed by atoms with Crippen molar-refractivity contribution in [1.29, 1.82) is 0 Å². The van der Waals surface area contributed by atoms with Gasteiger partial charge in [-0.15, -0.1) is 0 Å². The zero-order valence-corrected chi connectivity index (χ0v) is 14.8. The van der Waals surface area contributed by atoms with Gasteiger partial charge in [0.1, 0.15) is 5.76 Å². The van der Waals surface area contributed by atoms with Crippen LogP contribution in [0.3, 0.4) is 0 Å². The number of amides is 2. The molecular weight excluding hydrogens is 316 g/mol. The molecule has 0 aliphatic heterocycles. The Labute approximate surface area is 147 Å². The summed E-state index contributed by atoms with van der Waals surface area (Å²) >= 11 is 0. The van der Waals surface area contributed by atoms with Crippen LogP contribution in [0.1, 0.15) is 42.0 Å². The Kier molecular flexibility index (Phi) is 5.07.